The Morgan fingerprint density at radius 3 is 2.10 bits per heavy atom. The van der Waals surface area contributed by atoms with Crippen molar-refractivity contribution >= 4 is 0 Å². The van der Waals surface area contributed by atoms with Crippen LogP contribution in [0.5, 0.6) is 0 Å². The molecular weight excluding hydrogens is 128 g/mol. The highest BCUT2D eigenvalue weighted by Gasteiger charge is 2.06. The van der Waals surface area contributed by atoms with E-state index in [1.807, 2.05) is 6.07 Å². The summed E-state index contributed by atoms with van der Waals surface area (Å²) in [5, 5.41) is 8.19. The molecule has 0 saturated heterocycles. The smallest absolute Gasteiger partial charge is 0.277 e. The lowest BCUT2D eigenvalue weighted by Crippen LogP contribution is -2.22. The van der Waals surface area contributed by atoms with E-state index in [-0.39, 0.29) is 19.9 Å². The van der Waals surface area contributed by atoms with Gasteiger partial charge in [-0.3, -0.25) is 9.69 Å². The summed E-state index contributed by atoms with van der Waals surface area (Å²) in [6.45, 7) is 13.3. The molecule has 0 spiro atoms. The molecule has 0 aliphatic rings. The van der Waals surface area contributed by atoms with Gasteiger partial charge in [-0.2, -0.15) is 10.2 Å². The van der Waals surface area contributed by atoms with E-state index in [2.05, 4.69) is 9.69 Å². The fourth-order valence-electron chi connectivity index (χ4n) is 0.445. The predicted octanol–water partition coefficient (Wildman–Crippen LogP) is 0.566. The summed E-state index contributed by atoms with van der Waals surface area (Å²) in [5.74, 6) is 0. The van der Waals surface area contributed by atoms with E-state index in [0.29, 0.717) is 0 Å². The first-order chi connectivity index (χ1) is 4.85. The third-order valence-corrected chi connectivity index (χ3v) is 0.836. The summed E-state index contributed by atoms with van der Waals surface area (Å²) in [6.07, 6.45) is 0. The van der Waals surface area contributed by atoms with E-state index in [1.54, 1.807) is 0 Å². The van der Waals surface area contributed by atoms with Crippen LogP contribution in [0, 0.1) is 24.5 Å². The van der Waals surface area contributed by atoms with Gasteiger partial charge in [0, 0.05) is 0 Å². The molecule has 0 aromatic rings. The van der Waals surface area contributed by atoms with Crippen LogP contribution in [-0.2, 0) is 0 Å². The van der Waals surface area contributed by atoms with Crippen LogP contribution in [0.25, 0.3) is 9.69 Å². The second-order valence-corrected chi connectivity index (χ2v) is 1.59. The van der Waals surface area contributed by atoms with Crippen LogP contribution in [0.15, 0.2) is 0 Å². The van der Waals surface area contributed by atoms with Gasteiger partial charge >= 0.3 is 0 Å². The first-order valence-corrected chi connectivity index (χ1v) is 2.61. The molecule has 0 aliphatic carbocycles. The minimum atomic E-state index is 0.135. The van der Waals surface area contributed by atoms with Crippen molar-refractivity contribution in [3.05, 3.63) is 22.8 Å². The average Bonchev–Trinajstić information content (AvgIpc) is 1.90. The molecule has 4 nitrogen and oxygen atoms in total. The van der Waals surface area contributed by atoms with Gasteiger partial charge < -0.3 is 0 Å². The normalized spacial score (nSPS) is 7.80. The summed E-state index contributed by atoms with van der Waals surface area (Å²) in [6, 6.07) is 1.88. The minimum Gasteiger partial charge on any atom is -0.299 e. The highest BCUT2D eigenvalue weighted by atomic mass is 15.2. The predicted molar refractivity (Wildman–Crippen MR) is 35.3 cm³/mol. The molecule has 0 fully saturated rings. The van der Waals surface area contributed by atoms with Gasteiger partial charge in [-0.1, -0.05) is 0 Å². The molecule has 0 amide bonds. The number of rotatable bonds is 3. The van der Waals surface area contributed by atoms with Crippen molar-refractivity contribution in [3.63, 3.8) is 0 Å². The van der Waals surface area contributed by atoms with Gasteiger partial charge in [0.15, 0.2) is 0 Å². The van der Waals surface area contributed by atoms with E-state index in [1.165, 1.54) is 4.90 Å². The Morgan fingerprint density at radius 1 is 1.30 bits per heavy atom. The van der Waals surface area contributed by atoms with Gasteiger partial charge in [0.2, 0.25) is 0 Å². The highest BCUT2D eigenvalue weighted by molar-refractivity contribution is 4.79. The first-order valence-electron chi connectivity index (χ1n) is 2.61. The molecule has 0 heterocycles. The van der Waals surface area contributed by atoms with Crippen LogP contribution in [-0.4, -0.2) is 24.8 Å². The molecule has 50 valence electrons. The zero-order chi connectivity index (χ0) is 7.82. The molecule has 0 aliphatic heterocycles. The molecule has 10 heavy (non-hydrogen) atoms. The summed E-state index contributed by atoms with van der Waals surface area (Å²) < 4.78 is 0. The molecule has 0 saturated carbocycles. The quantitative estimate of drug-likeness (QED) is 0.417. The van der Waals surface area contributed by atoms with Gasteiger partial charge in [-0.25, -0.2) is 13.1 Å². The van der Waals surface area contributed by atoms with E-state index in [9.17, 15) is 0 Å². The van der Waals surface area contributed by atoms with Gasteiger partial charge in [0.1, 0.15) is 0 Å². The third-order valence-electron chi connectivity index (χ3n) is 0.836. The Morgan fingerprint density at radius 2 is 1.80 bits per heavy atom. The monoisotopic (exact) mass is 134 g/mol. The van der Waals surface area contributed by atoms with E-state index >= 15 is 0 Å². The first kappa shape index (κ1) is 8.43. The molecule has 0 unspecified atom stereocenters. The third kappa shape index (κ3) is 3.43. The Hall–Kier alpha value is -1.57. The minimum absolute atomic E-state index is 0.135. The lowest BCUT2D eigenvalue weighted by molar-refractivity contribution is 0.374. The lowest BCUT2D eigenvalue weighted by Gasteiger charge is -2.01. The van der Waals surface area contributed by atoms with Gasteiger partial charge in [0.05, 0.1) is 12.6 Å². The summed E-state index contributed by atoms with van der Waals surface area (Å²) >= 11 is 0. The van der Waals surface area contributed by atoms with Crippen molar-refractivity contribution in [1.82, 2.24) is 4.90 Å². The van der Waals surface area contributed by atoms with Crippen LogP contribution in [0.2, 0.25) is 0 Å². The van der Waals surface area contributed by atoms with Crippen LogP contribution in [0.4, 0.5) is 0 Å². The molecular formula is C6H6N4. The van der Waals surface area contributed by atoms with E-state index < -0.39 is 0 Å². The van der Waals surface area contributed by atoms with Crippen LogP contribution < -0.4 is 0 Å². The van der Waals surface area contributed by atoms with Gasteiger partial charge in [-0.05, 0) is 0 Å². The summed E-state index contributed by atoms with van der Waals surface area (Å²) in [7, 11) is 0. The topological polar surface area (TPSA) is 35.8 Å². The molecule has 0 aromatic carbocycles. The molecule has 0 rings (SSSR count). The number of nitriles is 1. The maximum absolute atomic E-state index is 8.19. The van der Waals surface area contributed by atoms with Gasteiger partial charge in [0.25, 0.3) is 13.3 Å². The zero-order valence-electron chi connectivity index (χ0n) is 5.41. The zero-order valence-corrected chi connectivity index (χ0v) is 5.41. The van der Waals surface area contributed by atoms with Crippen molar-refractivity contribution in [3.8, 4) is 6.07 Å². The second kappa shape index (κ2) is 5.56. The summed E-state index contributed by atoms with van der Waals surface area (Å²) in [4.78, 5) is 7.58. The Bertz CT molecular complexity index is 163. The van der Waals surface area contributed by atoms with Gasteiger partial charge in [-0.15, -0.1) is 0 Å². The standard InChI is InChI=1S/C6H6N4/c1-8-5-10(4-3-7)6-9-2/h4-6H2. The Balaban J connectivity index is 3.68. The molecule has 0 radical (unpaired) electrons. The molecule has 0 atom stereocenters. The van der Waals surface area contributed by atoms with Crippen LogP contribution in [0.3, 0.4) is 0 Å². The van der Waals surface area contributed by atoms with Crippen molar-refractivity contribution in [2.45, 2.75) is 0 Å². The van der Waals surface area contributed by atoms with Crippen molar-refractivity contribution in [2.75, 3.05) is 19.9 Å². The molecule has 0 N–H and O–H groups in total. The van der Waals surface area contributed by atoms with E-state index in [4.69, 9.17) is 18.4 Å². The molecule has 0 aromatic heterocycles. The van der Waals surface area contributed by atoms with E-state index in [0.717, 1.165) is 0 Å². The molecule has 4 heteroatoms. The lowest BCUT2D eigenvalue weighted by atomic mass is 10.6. The SMILES string of the molecule is [C-]#[N+]CN(CC#N)C[N+]#[C-]. The summed E-state index contributed by atoms with van der Waals surface area (Å²) in [5.41, 5.74) is 0. The number of hydrogen-bond donors (Lipinski definition) is 0. The van der Waals surface area contributed by atoms with Crippen LogP contribution >= 0.6 is 0 Å². The van der Waals surface area contributed by atoms with Crippen LogP contribution in [0.1, 0.15) is 0 Å². The average molecular weight is 134 g/mol. The Kier molecular flexibility index (Phi) is 4.69. The van der Waals surface area contributed by atoms with Crippen molar-refractivity contribution < 1.29 is 0 Å². The maximum Gasteiger partial charge on any atom is 0.277 e. The Labute approximate surface area is 59.9 Å². The second-order valence-electron chi connectivity index (χ2n) is 1.59. The van der Waals surface area contributed by atoms with Crippen molar-refractivity contribution in [2.24, 2.45) is 0 Å². The molecule has 0 bridgehead atoms. The number of hydrogen-bond acceptors (Lipinski definition) is 2. The van der Waals surface area contributed by atoms with Crippen molar-refractivity contribution in [1.29, 1.82) is 5.26 Å². The maximum atomic E-state index is 8.19. The highest BCUT2D eigenvalue weighted by Crippen LogP contribution is 1.86. The number of nitrogens with zero attached hydrogens (tertiary/aromatic N) is 4. The fraction of sp³-hybridized carbons (Fsp3) is 0.500. The fourth-order valence-corrected chi connectivity index (χ4v) is 0.445. The largest absolute Gasteiger partial charge is 0.299 e.